The van der Waals surface area contributed by atoms with Crippen LogP contribution in [0.3, 0.4) is 0 Å². The van der Waals surface area contributed by atoms with Crippen LogP contribution in [0.4, 0.5) is 0 Å². The van der Waals surface area contributed by atoms with Gasteiger partial charge in [-0.05, 0) is 19.1 Å². The Labute approximate surface area is 76.8 Å². The van der Waals surface area contributed by atoms with Crippen LogP contribution in [0.25, 0.3) is 0 Å². The number of nitrogens with zero attached hydrogens (tertiary/aromatic N) is 1. The molecular formula is C8H14N2OS. The number of hydrogen-bond donors (Lipinski definition) is 1. The van der Waals surface area contributed by atoms with E-state index in [1.807, 2.05) is 11.8 Å². The van der Waals surface area contributed by atoms with Crippen LogP contribution in [0.2, 0.25) is 0 Å². The molecule has 3 nitrogen and oxygen atoms in total. The topological polar surface area (TPSA) is 47.6 Å². The van der Waals surface area contributed by atoms with Gasteiger partial charge in [0, 0.05) is 4.75 Å². The van der Waals surface area contributed by atoms with Gasteiger partial charge in [-0.3, -0.25) is 0 Å². The average Bonchev–Trinajstić information content (AvgIpc) is 2.35. The zero-order valence-electron chi connectivity index (χ0n) is 7.25. The van der Waals surface area contributed by atoms with Crippen LogP contribution in [0, 0.1) is 0 Å². The molecule has 2 aliphatic rings. The van der Waals surface area contributed by atoms with Crippen LogP contribution in [0.5, 0.6) is 0 Å². The van der Waals surface area contributed by atoms with E-state index in [4.69, 9.17) is 10.5 Å². The Balaban J connectivity index is 2.07. The first-order valence-electron chi connectivity index (χ1n) is 4.28. The highest BCUT2D eigenvalue weighted by Gasteiger charge is 2.45. The highest BCUT2D eigenvalue weighted by atomic mass is 32.2. The molecule has 0 bridgehead atoms. The summed E-state index contributed by atoms with van der Waals surface area (Å²) in [5, 5.41) is 0. The van der Waals surface area contributed by atoms with Crippen molar-refractivity contribution in [3.8, 4) is 0 Å². The summed E-state index contributed by atoms with van der Waals surface area (Å²) in [6.45, 7) is 0.687. The van der Waals surface area contributed by atoms with E-state index in [9.17, 15) is 0 Å². The second-order valence-corrected chi connectivity index (χ2v) is 4.64. The lowest BCUT2D eigenvalue weighted by Gasteiger charge is -2.42. The molecule has 1 heterocycles. The summed E-state index contributed by atoms with van der Waals surface area (Å²) in [5.41, 5.74) is 5.47. The Kier molecular flexibility index (Phi) is 1.94. The highest BCUT2D eigenvalue weighted by Crippen LogP contribution is 2.47. The van der Waals surface area contributed by atoms with Gasteiger partial charge in [0.25, 0.3) is 6.02 Å². The second-order valence-electron chi connectivity index (χ2n) is 3.42. The van der Waals surface area contributed by atoms with Gasteiger partial charge in [-0.1, -0.05) is 6.42 Å². The van der Waals surface area contributed by atoms with Gasteiger partial charge in [-0.2, -0.15) is 11.8 Å². The van der Waals surface area contributed by atoms with E-state index >= 15 is 0 Å². The van der Waals surface area contributed by atoms with Crippen molar-refractivity contribution < 1.29 is 4.74 Å². The van der Waals surface area contributed by atoms with E-state index in [1.54, 1.807) is 0 Å². The third-order valence-electron chi connectivity index (χ3n) is 2.89. The lowest BCUT2D eigenvalue weighted by Crippen LogP contribution is -2.44. The first-order chi connectivity index (χ1) is 5.77. The molecule has 2 N–H and O–H groups in total. The van der Waals surface area contributed by atoms with Crippen LogP contribution in [0.15, 0.2) is 4.99 Å². The van der Waals surface area contributed by atoms with Crippen molar-refractivity contribution in [2.75, 3.05) is 12.9 Å². The molecule has 0 aromatic rings. The predicted molar refractivity (Wildman–Crippen MR) is 51.5 cm³/mol. The van der Waals surface area contributed by atoms with Crippen molar-refractivity contribution in [2.45, 2.75) is 30.1 Å². The molecule has 1 fully saturated rings. The molecule has 0 amide bonds. The minimum atomic E-state index is 0.307. The summed E-state index contributed by atoms with van der Waals surface area (Å²) >= 11 is 1.92. The molecule has 0 saturated heterocycles. The van der Waals surface area contributed by atoms with Gasteiger partial charge in [0.05, 0.1) is 0 Å². The molecule has 0 aromatic carbocycles. The standard InChI is InChI=1S/C8H14N2OS/c1-12-8(3-2-4-8)6-5-11-7(9)10-6/h6H,2-5H2,1H3,(H2,9,10). The van der Waals surface area contributed by atoms with Crippen molar-refractivity contribution in [3.05, 3.63) is 0 Å². The van der Waals surface area contributed by atoms with Gasteiger partial charge in [0.1, 0.15) is 12.6 Å². The van der Waals surface area contributed by atoms with Crippen molar-refractivity contribution in [1.29, 1.82) is 0 Å². The molecule has 0 aromatic heterocycles. The summed E-state index contributed by atoms with van der Waals surface area (Å²) < 4.78 is 5.51. The Bertz CT molecular complexity index is 208. The monoisotopic (exact) mass is 186 g/mol. The van der Waals surface area contributed by atoms with E-state index in [-0.39, 0.29) is 0 Å². The summed E-state index contributed by atoms with van der Waals surface area (Å²) in [6.07, 6.45) is 6.01. The predicted octanol–water partition coefficient (Wildman–Crippen LogP) is 0.986. The Morgan fingerprint density at radius 2 is 2.42 bits per heavy atom. The molecular weight excluding hydrogens is 172 g/mol. The van der Waals surface area contributed by atoms with Gasteiger partial charge in [-0.15, -0.1) is 0 Å². The third-order valence-corrected chi connectivity index (χ3v) is 4.38. The number of hydrogen-bond acceptors (Lipinski definition) is 4. The molecule has 1 saturated carbocycles. The number of aliphatic imine (C=N–C) groups is 1. The van der Waals surface area contributed by atoms with E-state index in [2.05, 4.69) is 11.2 Å². The molecule has 0 spiro atoms. The molecule has 1 atom stereocenters. The first-order valence-corrected chi connectivity index (χ1v) is 5.50. The van der Waals surface area contributed by atoms with Crippen molar-refractivity contribution >= 4 is 17.8 Å². The molecule has 12 heavy (non-hydrogen) atoms. The number of ether oxygens (including phenoxy) is 1. The molecule has 1 aliphatic carbocycles. The first kappa shape index (κ1) is 8.23. The number of nitrogens with two attached hydrogens (primary N) is 1. The smallest absolute Gasteiger partial charge is 0.282 e. The fourth-order valence-electron chi connectivity index (χ4n) is 1.86. The Morgan fingerprint density at radius 1 is 1.67 bits per heavy atom. The maximum atomic E-state index is 5.47. The maximum absolute atomic E-state index is 5.47. The SMILES string of the molecule is CSC1(C2COC(N)=N2)CCC1. The average molecular weight is 186 g/mol. The maximum Gasteiger partial charge on any atom is 0.282 e. The summed E-state index contributed by atoms with van der Waals surface area (Å²) in [4.78, 5) is 4.30. The lowest BCUT2D eigenvalue weighted by molar-refractivity contribution is 0.240. The van der Waals surface area contributed by atoms with Gasteiger partial charge in [0.2, 0.25) is 0 Å². The van der Waals surface area contributed by atoms with Crippen molar-refractivity contribution in [1.82, 2.24) is 0 Å². The highest BCUT2D eigenvalue weighted by molar-refractivity contribution is 8.00. The number of thioether (sulfide) groups is 1. The lowest BCUT2D eigenvalue weighted by atomic mass is 9.79. The molecule has 2 rings (SSSR count). The third kappa shape index (κ3) is 1.09. The Morgan fingerprint density at radius 3 is 2.75 bits per heavy atom. The second kappa shape index (κ2) is 2.83. The molecule has 68 valence electrons. The van der Waals surface area contributed by atoms with Crippen LogP contribution in [-0.4, -0.2) is 29.7 Å². The van der Waals surface area contributed by atoms with Crippen molar-refractivity contribution in [2.24, 2.45) is 10.7 Å². The molecule has 1 unspecified atom stereocenters. The van der Waals surface area contributed by atoms with E-state index in [1.165, 1.54) is 19.3 Å². The molecule has 0 radical (unpaired) electrons. The van der Waals surface area contributed by atoms with Gasteiger partial charge in [0.15, 0.2) is 0 Å². The van der Waals surface area contributed by atoms with Crippen molar-refractivity contribution in [3.63, 3.8) is 0 Å². The number of amidine groups is 1. The summed E-state index contributed by atoms with van der Waals surface area (Å²) in [7, 11) is 0. The van der Waals surface area contributed by atoms with E-state index in [0.29, 0.717) is 23.4 Å². The summed E-state index contributed by atoms with van der Waals surface area (Å²) in [5.74, 6) is 0. The van der Waals surface area contributed by atoms with Gasteiger partial charge in [-0.25, -0.2) is 4.99 Å². The fourth-order valence-corrected chi connectivity index (χ4v) is 2.95. The number of rotatable bonds is 2. The zero-order valence-corrected chi connectivity index (χ0v) is 8.06. The minimum Gasteiger partial charge on any atom is -0.463 e. The van der Waals surface area contributed by atoms with Crippen LogP contribution in [-0.2, 0) is 4.74 Å². The minimum absolute atomic E-state index is 0.307. The van der Waals surface area contributed by atoms with Crippen LogP contribution >= 0.6 is 11.8 Å². The summed E-state index contributed by atoms with van der Waals surface area (Å²) in [6, 6.07) is 0.682. The fraction of sp³-hybridized carbons (Fsp3) is 0.875. The largest absolute Gasteiger partial charge is 0.463 e. The normalized spacial score (nSPS) is 32.1. The molecule has 4 heteroatoms. The quantitative estimate of drug-likeness (QED) is 0.699. The van der Waals surface area contributed by atoms with E-state index in [0.717, 1.165) is 0 Å². The van der Waals surface area contributed by atoms with E-state index < -0.39 is 0 Å². The Hall–Kier alpha value is -0.380. The van der Waals surface area contributed by atoms with Crippen LogP contribution in [0.1, 0.15) is 19.3 Å². The van der Waals surface area contributed by atoms with Crippen LogP contribution < -0.4 is 5.73 Å². The zero-order chi connectivity index (χ0) is 8.60. The van der Waals surface area contributed by atoms with Gasteiger partial charge < -0.3 is 10.5 Å². The molecule has 1 aliphatic heterocycles. The van der Waals surface area contributed by atoms with Gasteiger partial charge >= 0.3 is 0 Å².